The van der Waals surface area contributed by atoms with Crippen molar-refractivity contribution in [1.82, 2.24) is 4.90 Å². The molecule has 5 heteroatoms. The van der Waals surface area contributed by atoms with E-state index in [0.717, 1.165) is 19.1 Å². The second kappa shape index (κ2) is 3.47. The smallest absolute Gasteiger partial charge is 0.264 e. The van der Waals surface area contributed by atoms with E-state index in [0.29, 0.717) is 12.1 Å². The summed E-state index contributed by atoms with van der Waals surface area (Å²) in [5.41, 5.74) is 0. The fourth-order valence-corrected chi connectivity index (χ4v) is 3.38. The lowest BCUT2D eigenvalue weighted by molar-refractivity contribution is 0.122. The average Bonchev–Trinajstić information content (AvgIpc) is 2.27. The third kappa shape index (κ3) is 1.94. The van der Waals surface area contributed by atoms with Gasteiger partial charge < -0.3 is 0 Å². The minimum Gasteiger partial charge on any atom is -0.298 e. The highest BCUT2D eigenvalue weighted by atomic mass is 32.2. The summed E-state index contributed by atoms with van der Waals surface area (Å²) < 4.78 is 27.2. The number of nitrogens with zero attached hydrogens (tertiary/aromatic N) is 1. The Hall–Kier alpha value is -0.130. The molecule has 0 amide bonds. The normalized spacial score (nSPS) is 38.9. The van der Waals surface area contributed by atoms with Gasteiger partial charge in [0.25, 0.3) is 10.1 Å². The topological polar surface area (TPSA) is 46.6 Å². The van der Waals surface area contributed by atoms with Crippen LogP contribution in [-0.4, -0.2) is 44.8 Å². The van der Waals surface area contributed by atoms with Gasteiger partial charge in [-0.25, -0.2) is 0 Å². The van der Waals surface area contributed by atoms with Crippen molar-refractivity contribution in [3.05, 3.63) is 0 Å². The van der Waals surface area contributed by atoms with Crippen LogP contribution >= 0.6 is 0 Å². The van der Waals surface area contributed by atoms with Gasteiger partial charge in [-0.2, -0.15) is 8.42 Å². The van der Waals surface area contributed by atoms with E-state index in [1.807, 2.05) is 0 Å². The standard InChI is InChI=1S/C9H17NO3S/c1-10-7-4-3-5-8(10)9(6-7)13-14(2,11)12/h7-9H,3-6H2,1-2H3/t7-,8+,9-/m0/s1. The Morgan fingerprint density at radius 1 is 1.36 bits per heavy atom. The molecule has 0 saturated carbocycles. The molecule has 3 atom stereocenters. The van der Waals surface area contributed by atoms with Crippen molar-refractivity contribution >= 4 is 10.1 Å². The van der Waals surface area contributed by atoms with Crippen LogP contribution in [0.2, 0.25) is 0 Å². The summed E-state index contributed by atoms with van der Waals surface area (Å²) in [5, 5.41) is 0. The first kappa shape index (κ1) is 10.4. The van der Waals surface area contributed by atoms with Gasteiger partial charge in [0.2, 0.25) is 0 Å². The molecule has 0 spiro atoms. The highest BCUT2D eigenvalue weighted by Gasteiger charge is 2.43. The minimum atomic E-state index is -3.30. The summed E-state index contributed by atoms with van der Waals surface area (Å²) in [6.45, 7) is 0. The molecule has 0 unspecified atom stereocenters. The van der Waals surface area contributed by atoms with Gasteiger partial charge in [-0.3, -0.25) is 9.08 Å². The minimum absolute atomic E-state index is 0.109. The molecule has 2 bridgehead atoms. The first-order valence-corrected chi connectivity index (χ1v) is 6.89. The van der Waals surface area contributed by atoms with Crippen molar-refractivity contribution in [2.75, 3.05) is 13.3 Å². The van der Waals surface area contributed by atoms with Gasteiger partial charge in [-0.05, 0) is 26.3 Å². The Morgan fingerprint density at radius 3 is 2.64 bits per heavy atom. The highest BCUT2D eigenvalue weighted by Crippen LogP contribution is 2.36. The second-order valence-electron chi connectivity index (χ2n) is 4.39. The van der Waals surface area contributed by atoms with Crippen molar-refractivity contribution in [2.45, 2.75) is 43.9 Å². The molecule has 2 fully saturated rings. The van der Waals surface area contributed by atoms with E-state index in [1.165, 1.54) is 12.8 Å². The molecule has 82 valence electrons. The maximum Gasteiger partial charge on any atom is 0.264 e. The molecule has 0 aromatic heterocycles. The van der Waals surface area contributed by atoms with Gasteiger partial charge in [0.1, 0.15) is 0 Å². The van der Waals surface area contributed by atoms with Crippen LogP contribution in [0.15, 0.2) is 0 Å². The third-order valence-electron chi connectivity index (χ3n) is 3.37. The zero-order valence-corrected chi connectivity index (χ0v) is 9.46. The number of hydrogen-bond acceptors (Lipinski definition) is 4. The summed E-state index contributed by atoms with van der Waals surface area (Å²) in [6.07, 6.45) is 5.33. The summed E-state index contributed by atoms with van der Waals surface area (Å²) in [5.74, 6) is 0. The molecule has 2 aliphatic rings. The van der Waals surface area contributed by atoms with E-state index in [1.54, 1.807) is 0 Å². The Morgan fingerprint density at radius 2 is 2.07 bits per heavy atom. The van der Waals surface area contributed by atoms with Crippen molar-refractivity contribution in [3.8, 4) is 0 Å². The lowest BCUT2D eigenvalue weighted by Gasteiger charge is -2.31. The van der Waals surface area contributed by atoms with E-state index in [-0.39, 0.29) is 6.10 Å². The van der Waals surface area contributed by atoms with Crippen LogP contribution in [0.1, 0.15) is 25.7 Å². The number of hydrogen-bond donors (Lipinski definition) is 0. The fourth-order valence-electron chi connectivity index (χ4n) is 2.73. The van der Waals surface area contributed by atoms with Crippen LogP contribution in [0, 0.1) is 0 Å². The van der Waals surface area contributed by atoms with E-state index in [9.17, 15) is 8.42 Å². The number of fused-ring (bicyclic) bond motifs is 2. The summed E-state index contributed by atoms with van der Waals surface area (Å²) in [4.78, 5) is 2.28. The number of rotatable bonds is 2. The maximum atomic E-state index is 11.0. The van der Waals surface area contributed by atoms with E-state index in [4.69, 9.17) is 4.18 Å². The molecule has 0 aromatic carbocycles. The Kier molecular flexibility index (Phi) is 2.57. The Bertz CT molecular complexity index is 314. The monoisotopic (exact) mass is 219 g/mol. The van der Waals surface area contributed by atoms with Crippen LogP contribution in [0.3, 0.4) is 0 Å². The molecular weight excluding hydrogens is 202 g/mol. The number of piperidine rings is 1. The van der Waals surface area contributed by atoms with Gasteiger partial charge in [0.05, 0.1) is 12.4 Å². The largest absolute Gasteiger partial charge is 0.298 e. The number of likely N-dealkylation sites (N-methyl/N-ethyl adjacent to an activating group) is 1. The summed E-state index contributed by atoms with van der Waals surface area (Å²) in [6, 6.07) is 0.837. The summed E-state index contributed by atoms with van der Waals surface area (Å²) in [7, 11) is -1.23. The first-order chi connectivity index (χ1) is 6.47. The van der Waals surface area contributed by atoms with Gasteiger partial charge >= 0.3 is 0 Å². The van der Waals surface area contributed by atoms with Gasteiger partial charge in [-0.1, -0.05) is 6.42 Å². The van der Waals surface area contributed by atoms with Crippen LogP contribution < -0.4 is 0 Å². The van der Waals surface area contributed by atoms with Crippen LogP contribution in [0.4, 0.5) is 0 Å². The molecule has 4 nitrogen and oxygen atoms in total. The van der Waals surface area contributed by atoms with Gasteiger partial charge in [-0.15, -0.1) is 0 Å². The molecule has 2 heterocycles. The summed E-state index contributed by atoms with van der Waals surface area (Å²) >= 11 is 0. The van der Waals surface area contributed by atoms with Crippen molar-refractivity contribution in [3.63, 3.8) is 0 Å². The molecule has 0 aromatic rings. The van der Waals surface area contributed by atoms with Crippen LogP contribution in [0.5, 0.6) is 0 Å². The average molecular weight is 219 g/mol. The predicted molar refractivity (Wildman–Crippen MR) is 53.5 cm³/mol. The van der Waals surface area contributed by atoms with Crippen molar-refractivity contribution < 1.29 is 12.6 Å². The predicted octanol–water partition coefficient (Wildman–Crippen LogP) is 0.588. The van der Waals surface area contributed by atoms with Gasteiger partial charge in [0, 0.05) is 12.1 Å². The zero-order valence-electron chi connectivity index (χ0n) is 8.64. The van der Waals surface area contributed by atoms with E-state index in [2.05, 4.69) is 11.9 Å². The fraction of sp³-hybridized carbons (Fsp3) is 1.00. The maximum absolute atomic E-state index is 11.0. The van der Waals surface area contributed by atoms with Gasteiger partial charge in [0.15, 0.2) is 0 Å². The first-order valence-electron chi connectivity index (χ1n) is 5.07. The van der Waals surface area contributed by atoms with E-state index >= 15 is 0 Å². The Balaban J connectivity index is 2.09. The molecule has 2 saturated heterocycles. The molecular formula is C9H17NO3S. The molecule has 0 aliphatic carbocycles. The SMILES string of the molecule is CN1[C@H]2CCC[C@@H]1[C@@H](OS(C)(=O)=O)C2. The van der Waals surface area contributed by atoms with E-state index < -0.39 is 10.1 Å². The lowest BCUT2D eigenvalue weighted by Crippen LogP contribution is -2.39. The van der Waals surface area contributed by atoms with Crippen molar-refractivity contribution in [1.29, 1.82) is 0 Å². The van der Waals surface area contributed by atoms with Crippen molar-refractivity contribution in [2.24, 2.45) is 0 Å². The highest BCUT2D eigenvalue weighted by molar-refractivity contribution is 7.86. The Labute approximate surface area is 85.4 Å². The lowest BCUT2D eigenvalue weighted by atomic mass is 10.0. The molecule has 14 heavy (non-hydrogen) atoms. The second-order valence-corrected chi connectivity index (χ2v) is 5.99. The molecule has 0 radical (unpaired) electrons. The van der Waals surface area contributed by atoms with Crippen LogP contribution in [0.25, 0.3) is 0 Å². The zero-order chi connectivity index (χ0) is 10.3. The quantitative estimate of drug-likeness (QED) is 0.638. The molecule has 2 rings (SSSR count). The van der Waals surface area contributed by atoms with Crippen LogP contribution in [-0.2, 0) is 14.3 Å². The molecule has 0 N–H and O–H groups in total. The third-order valence-corrected chi connectivity index (χ3v) is 3.97. The molecule has 2 aliphatic heterocycles.